The van der Waals surface area contributed by atoms with Crippen molar-refractivity contribution in [3.05, 3.63) is 68.9 Å². The predicted molar refractivity (Wildman–Crippen MR) is 108 cm³/mol. The van der Waals surface area contributed by atoms with E-state index in [4.69, 9.17) is 0 Å². The van der Waals surface area contributed by atoms with E-state index in [1.165, 1.54) is 13.3 Å². The monoisotopic (exact) mass is 461 g/mol. The minimum Gasteiger partial charge on any atom is -0.465 e. The first-order valence-corrected chi connectivity index (χ1v) is 8.65. The van der Waals surface area contributed by atoms with Crippen LogP contribution in [0.15, 0.2) is 54.2 Å². The molecule has 0 aliphatic carbocycles. The third kappa shape index (κ3) is 5.07. The number of nitriles is 1. The summed E-state index contributed by atoms with van der Waals surface area (Å²) in [5, 5.41) is 14.8. The lowest BCUT2D eigenvalue weighted by Gasteiger charge is -2.09. The third-order valence-corrected chi connectivity index (χ3v) is 4.14. The highest BCUT2D eigenvalue weighted by Crippen LogP contribution is 2.18. The maximum Gasteiger partial charge on any atom is 0.337 e. The van der Waals surface area contributed by atoms with Gasteiger partial charge in [-0.1, -0.05) is 6.07 Å². The van der Waals surface area contributed by atoms with E-state index in [0.29, 0.717) is 16.9 Å². The molecule has 2 rings (SSSR count). The summed E-state index contributed by atoms with van der Waals surface area (Å²) >= 11 is 2.19. The van der Waals surface area contributed by atoms with Crippen molar-refractivity contribution < 1.29 is 14.3 Å². The first kappa shape index (κ1) is 19.5. The highest BCUT2D eigenvalue weighted by atomic mass is 127. The van der Waals surface area contributed by atoms with Crippen LogP contribution in [0.2, 0.25) is 0 Å². The van der Waals surface area contributed by atoms with Crippen molar-refractivity contribution in [2.75, 3.05) is 17.7 Å². The molecule has 0 unspecified atom stereocenters. The number of carbonyl (C=O) groups is 2. The molecule has 26 heavy (non-hydrogen) atoms. The topological polar surface area (TPSA) is 91.2 Å². The number of nitrogens with zero attached hydrogens (tertiary/aromatic N) is 1. The van der Waals surface area contributed by atoms with Gasteiger partial charge in [0.2, 0.25) is 0 Å². The second kappa shape index (κ2) is 9.01. The fourth-order valence-electron chi connectivity index (χ4n) is 2.11. The van der Waals surface area contributed by atoms with Crippen LogP contribution in [0.5, 0.6) is 0 Å². The molecule has 2 N–H and O–H groups in total. The fraction of sp³-hybridized carbons (Fsp3) is 0.105. The van der Waals surface area contributed by atoms with Crippen molar-refractivity contribution in [3.8, 4) is 6.07 Å². The van der Waals surface area contributed by atoms with Gasteiger partial charge in [-0.2, -0.15) is 5.26 Å². The molecule has 0 heterocycles. The van der Waals surface area contributed by atoms with Gasteiger partial charge in [0.05, 0.1) is 12.7 Å². The number of halogens is 1. The molecule has 0 atom stereocenters. The predicted octanol–water partition coefficient (Wildman–Crippen LogP) is 3.84. The molecule has 0 radical (unpaired) electrons. The lowest BCUT2D eigenvalue weighted by Crippen LogP contribution is -2.15. The molecule has 0 saturated heterocycles. The van der Waals surface area contributed by atoms with Crippen LogP contribution in [0, 0.1) is 21.8 Å². The first-order valence-electron chi connectivity index (χ1n) is 7.57. The number of esters is 1. The van der Waals surface area contributed by atoms with Gasteiger partial charge in [0.15, 0.2) is 0 Å². The minimum atomic E-state index is -0.520. The Morgan fingerprint density at radius 2 is 2.00 bits per heavy atom. The number of ether oxygens (including phenoxy) is 1. The molecule has 0 aliphatic heterocycles. The Kier molecular flexibility index (Phi) is 6.74. The van der Waals surface area contributed by atoms with Crippen LogP contribution in [0.3, 0.4) is 0 Å². The molecule has 0 aliphatic rings. The van der Waals surface area contributed by atoms with E-state index < -0.39 is 11.9 Å². The maximum absolute atomic E-state index is 12.3. The number of aryl methyl sites for hydroxylation is 1. The van der Waals surface area contributed by atoms with E-state index in [-0.39, 0.29) is 5.57 Å². The maximum atomic E-state index is 12.3. The quantitative estimate of drug-likeness (QED) is 0.306. The van der Waals surface area contributed by atoms with Crippen LogP contribution in [-0.4, -0.2) is 19.0 Å². The molecule has 0 fully saturated rings. The summed E-state index contributed by atoms with van der Waals surface area (Å²) in [7, 11) is 1.30. The van der Waals surface area contributed by atoms with Crippen molar-refractivity contribution in [3.63, 3.8) is 0 Å². The molecule has 7 heteroatoms. The molecule has 0 saturated carbocycles. The number of amides is 1. The summed E-state index contributed by atoms with van der Waals surface area (Å²) in [4.78, 5) is 23.9. The smallest absolute Gasteiger partial charge is 0.337 e. The lowest BCUT2D eigenvalue weighted by molar-refractivity contribution is -0.112. The molecule has 2 aromatic rings. The van der Waals surface area contributed by atoms with Gasteiger partial charge in [0.25, 0.3) is 5.91 Å². The number of hydrogen-bond acceptors (Lipinski definition) is 5. The van der Waals surface area contributed by atoms with Crippen molar-refractivity contribution in [1.82, 2.24) is 0 Å². The standard InChI is InChI=1S/C19H16IN3O3/c1-12-8-15(20)6-7-17(12)23-18(24)14(10-21)11-22-16-5-3-4-13(9-16)19(25)26-2/h3-9,11,22H,1-2H3,(H,23,24)/b14-11-. The number of benzene rings is 2. The van der Waals surface area contributed by atoms with Crippen molar-refractivity contribution in [1.29, 1.82) is 5.26 Å². The molecule has 0 spiro atoms. The summed E-state index contributed by atoms with van der Waals surface area (Å²) in [5.41, 5.74) is 2.37. The Morgan fingerprint density at radius 1 is 1.23 bits per heavy atom. The van der Waals surface area contributed by atoms with Gasteiger partial charge in [-0.15, -0.1) is 0 Å². The Hall–Kier alpha value is -2.86. The van der Waals surface area contributed by atoms with Crippen LogP contribution in [-0.2, 0) is 9.53 Å². The van der Waals surface area contributed by atoms with E-state index in [1.54, 1.807) is 30.3 Å². The second-order valence-electron chi connectivity index (χ2n) is 5.30. The van der Waals surface area contributed by atoms with Crippen LogP contribution < -0.4 is 10.6 Å². The number of hydrogen-bond donors (Lipinski definition) is 2. The summed E-state index contributed by atoms with van der Waals surface area (Å²) in [6.45, 7) is 1.88. The highest BCUT2D eigenvalue weighted by Gasteiger charge is 2.11. The number of carbonyl (C=O) groups excluding carboxylic acids is 2. The number of rotatable bonds is 5. The van der Waals surface area contributed by atoms with Gasteiger partial charge in [-0.25, -0.2) is 4.79 Å². The average Bonchev–Trinajstić information content (AvgIpc) is 2.64. The van der Waals surface area contributed by atoms with Crippen molar-refractivity contribution in [2.24, 2.45) is 0 Å². The zero-order valence-corrected chi connectivity index (χ0v) is 16.3. The zero-order valence-electron chi connectivity index (χ0n) is 14.2. The Balaban J connectivity index is 2.13. The zero-order chi connectivity index (χ0) is 19.1. The molecule has 6 nitrogen and oxygen atoms in total. The van der Waals surface area contributed by atoms with E-state index in [0.717, 1.165) is 9.13 Å². The first-order chi connectivity index (χ1) is 12.4. The van der Waals surface area contributed by atoms with E-state index in [9.17, 15) is 14.9 Å². The van der Waals surface area contributed by atoms with E-state index in [2.05, 4.69) is 38.0 Å². The van der Waals surface area contributed by atoms with Gasteiger partial charge in [-0.05, 0) is 71.5 Å². The van der Waals surface area contributed by atoms with Crippen LogP contribution >= 0.6 is 22.6 Å². The average molecular weight is 461 g/mol. The minimum absolute atomic E-state index is 0.0913. The Bertz CT molecular complexity index is 916. The molecule has 1 amide bonds. The Labute approximate surface area is 165 Å². The SMILES string of the molecule is COC(=O)c1cccc(N/C=C(/C#N)C(=O)Nc2ccc(I)cc2C)c1. The van der Waals surface area contributed by atoms with E-state index in [1.807, 2.05) is 25.1 Å². The fourth-order valence-corrected chi connectivity index (χ4v) is 2.76. The molecule has 132 valence electrons. The van der Waals surface area contributed by atoms with Gasteiger partial charge in [-0.3, -0.25) is 4.79 Å². The van der Waals surface area contributed by atoms with E-state index >= 15 is 0 Å². The number of nitrogens with one attached hydrogen (secondary N) is 2. The second-order valence-corrected chi connectivity index (χ2v) is 6.55. The largest absolute Gasteiger partial charge is 0.465 e. The van der Waals surface area contributed by atoms with Gasteiger partial charge >= 0.3 is 5.97 Å². The van der Waals surface area contributed by atoms with Crippen LogP contribution in [0.4, 0.5) is 11.4 Å². The number of methoxy groups -OCH3 is 1. The van der Waals surface area contributed by atoms with Crippen molar-refractivity contribution in [2.45, 2.75) is 6.92 Å². The molecular formula is C19H16IN3O3. The molecule has 0 bridgehead atoms. The highest BCUT2D eigenvalue weighted by molar-refractivity contribution is 14.1. The summed E-state index contributed by atoms with van der Waals surface area (Å²) in [6.07, 6.45) is 1.30. The Morgan fingerprint density at radius 3 is 2.65 bits per heavy atom. The lowest BCUT2D eigenvalue weighted by atomic mass is 10.2. The molecular weight excluding hydrogens is 445 g/mol. The summed E-state index contributed by atoms with van der Waals surface area (Å²) < 4.78 is 5.72. The third-order valence-electron chi connectivity index (χ3n) is 3.47. The number of anilines is 2. The normalized spacial score (nSPS) is 10.6. The van der Waals surface area contributed by atoms with Crippen molar-refractivity contribution >= 4 is 45.8 Å². The molecule has 0 aromatic heterocycles. The van der Waals surface area contributed by atoms with Gasteiger partial charge < -0.3 is 15.4 Å². The van der Waals surface area contributed by atoms with Crippen LogP contribution in [0.1, 0.15) is 15.9 Å². The van der Waals surface area contributed by atoms with Gasteiger partial charge in [0, 0.05) is 21.1 Å². The summed E-state index contributed by atoms with van der Waals surface area (Å²) in [6, 6.07) is 14.0. The van der Waals surface area contributed by atoms with Gasteiger partial charge in [0.1, 0.15) is 11.6 Å². The van der Waals surface area contributed by atoms with Crippen LogP contribution in [0.25, 0.3) is 0 Å². The molecule has 2 aromatic carbocycles. The summed E-state index contributed by atoms with van der Waals surface area (Å²) in [5.74, 6) is -0.988.